The van der Waals surface area contributed by atoms with Crippen molar-refractivity contribution in [2.75, 3.05) is 19.6 Å². The normalized spacial score (nSPS) is 16.6. The van der Waals surface area contributed by atoms with E-state index >= 15 is 0 Å². The van der Waals surface area contributed by atoms with Crippen molar-refractivity contribution in [2.24, 2.45) is 5.92 Å². The van der Waals surface area contributed by atoms with E-state index in [9.17, 15) is 23.1 Å². The number of hydrogen-bond donors (Lipinski definition) is 1. The van der Waals surface area contributed by atoms with Gasteiger partial charge in [0.2, 0.25) is 0 Å². The first kappa shape index (κ1) is 28.3. The lowest BCUT2D eigenvalue weighted by Gasteiger charge is -2.42. The maximum absolute atomic E-state index is 13.0. The van der Waals surface area contributed by atoms with E-state index in [-0.39, 0.29) is 5.92 Å². The quantitative estimate of drug-likeness (QED) is 0.246. The molecule has 0 aliphatic carbocycles. The Morgan fingerprint density at radius 3 is 2.25 bits per heavy atom. The van der Waals surface area contributed by atoms with Gasteiger partial charge < -0.3 is 9.90 Å². The molecule has 5 rings (SSSR count). The first-order valence-corrected chi connectivity index (χ1v) is 13.7. The Morgan fingerprint density at radius 2 is 1.62 bits per heavy atom. The third kappa shape index (κ3) is 5.51. The molecule has 8 heteroatoms. The van der Waals surface area contributed by atoms with Crippen molar-refractivity contribution in [3.63, 3.8) is 0 Å². The molecule has 4 aromatic rings. The molecule has 0 bridgehead atoms. The van der Waals surface area contributed by atoms with Crippen molar-refractivity contribution >= 4 is 28.8 Å². The molecule has 1 unspecified atom stereocenters. The minimum atomic E-state index is -4.40. The Kier molecular flexibility index (Phi) is 8.00. The highest BCUT2D eigenvalue weighted by Gasteiger charge is 2.42. The number of aliphatic hydroxyl groups is 1. The SMILES string of the molecule is Cc1nc2ccc(C(O)(c3ccccc3)C3CCN(CC=O)CC3)cc2c(Cl)c1Cc1ccc(C(F)(F)F)cc1. The number of rotatable bonds is 7. The summed E-state index contributed by atoms with van der Waals surface area (Å²) in [4.78, 5) is 17.8. The maximum atomic E-state index is 13.0. The molecule has 1 aliphatic rings. The van der Waals surface area contributed by atoms with Crippen molar-refractivity contribution in [1.29, 1.82) is 0 Å². The number of pyridine rings is 1. The topological polar surface area (TPSA) is 53.4 Å². The fraction of sp³-hybridized carbons (Fsp3) is 0.312. The average molecular weight is 567 g/mol. The van der Waals surface area contributed by atoms with Crippen LogP contribution in [0, 0.1) is 12.8 Å². The molecule has 1 N–H and O–H groups in total. The smallest absolute Gasteiger partial charge is 0.380 e. The van der Waals surface area contributed by atoms with Gasteiger partial charge in [-0.1, -0.05) is 60.1 Å². The van der Waals surface area contributed by atoms with Crippen LogP contribution in [0.2, 0.25) is 5.02 Å². The molecular formula is C32H30ClF3N2O2. The summed E-state index contributed by atoms with van der Waals surface area (Å²) in [5, 5.41) is 13.6. The molecule has 1 fully saturated rings. The molecule has 4 nitrogen and oxygen atoms in total. The van der Waals surface area contributed by atoms with E-state index in [4.69, 9.17) is 16.6 Å². The highest BCUT2D eigenvalue weighted by Crippen LogP contribution is 2.43. The third-order valence-corrected chi connectivity index (χ3v) is 8.48. The van der Waals surface area contributed by atoms with Gasteiger partial charge in [-0.05, 0) is 85.3 Å². The van der Waals surface area contributed by atoms with Gasteiger partial charge in [-0.15, -0.1) is 0 Å². The monoisotopic (exact) mass is 566 g/mol. The molecule has 3 aromatic carbocycles. The zero-order valence-corrected chi connectivity index (χ0v) is 22.8. The first-order chi connectivity index (χ1) is 19.1. The van der Waals surface area contributed by atoms with Crippen LogP contribution < -0.4 is 0 Å². The van der Waals surface area contributed by atoms with Gasteiger partial charge in [0, 0.05) is 17.5 Å². The molecule has 1 saturated heterocycles. The first-order valence-electron chi connectivity index (χ1n) is 13.3. The van der Waals surface area contributed by atoms with Crippen molar-refractivity contribution in [3.05, 3.63) is 111 Å². The minimum Gasteiger partial charge on any atom is -0.380 e. The van der Waals surface area contributed by atoms with Crippen LogP contribution in [0.25, 0.3) is 10.9 Å². The number of alkyl halides is 3. The van der Waals surface area contributed by atoms with E-state index in [0.717, 1.165) is 42.4 Å². The van der Waals surface area contributed by atoms with Gasteiger partial charge in [0.25, 0.3) is 0 Å². The maximum Gasteiger partial charge on any atom is 0.416 e. The van der Waals surface area contributed by atoms with Crippen LogP contribution in [-0.2, 0) is 23.0 Å². The zero-order chi connectivity index (χ0) is 28.5. The van der Waals surface area contributed by atoms with E-state index < -0.39 is 17.3 Å². The molecule has 0 amide bonds. The highest BCUT2D eigenvalue weighted by molar-refractivity contribution is 6.36. The molecule has 208 valence electrons. The lowest BCUT2D eigenvalue weighted by atomic mass is 9.72. The summed E-state index contributed by atoms with van der Waals surface area (Å²) in [6.45, 7) is 3.65. The minimum absolute atomic E-state index is 0.0842. The summed E-state index contributed by atoms with van der Waals surface area (Å²) in [5.41, 5.74) is 2.30. The van der Waals surface area contributed by atoms with Gasteiger partial charge >= 0.3 is 6.18 Å². The zero-order valence-electron chi connectivity index (χ0n) is 22.1. The number of nitrogens with zero attached hydrogens (tertiary/aromatic N) is 2. The number of aryl methyl sites for hydroxylation is 1. The van der Waals surface area contributed by atoms with Crippen LogP contribution in [0.5, 0.6) is 0 Å². The molecule has 40 heavy (non-hydrogen) atoms. The second-order valence-corrected chi connectivity index (χ2v) is 10.8. The standard InChI is InChI=1S/C32H30ClF3N2O2/c1-21-27(19-22-7-9-25(10-8-22)32(34,35)36)30(33)28-20-26(11-12-29(28)37-21)31(40,23-5-3-2-4-6-23)24-13-15-38(16-14-24)17-18-39/h2-12,18,20,24,40H,13-17,19H2,1H3. The molecule has 1 aromatic heterocycles. The molecule has 0 spiro atoms. The summed E-state index contributed by atoms with van der Waals surface area (Å²) in [6.07, 6.45) is -1.72. The number of halogens is 4. The van der Waals surface area contributed by atoms with Gasteiger partial charge in [0.1, 0.15) is 11.9 Å². The summed E-state index contributed by atoms with van der Waals surface area (Å²) < 4.78 is 39.1. The number of fused-ring (bicyclic) bond motifs is 1. The summed E-state index contributed by atoms with van der Waals surface area (Å²) in [7, 11) is 0. The number of likely N-dealkylation sites (tertiary alicyclic amines) is 1. The Balaban J connectivity index is 1.55. The van der Waals surface area contributed by atoms with Crippen molar-refractivity contribution in [3.8, 4) is 0 Å². The summed E-state index contributed by atoms with van der Waals surface area (Å²) in [6, 6.07) is 20.3. The van der Waals surface area contributed by atoms with Crippen LogP contribution in [0.15, 0.2) is 72.8 Å². The fourth-order valence-electron chi connectivity index (χ4n) is 5.81. The van der Waals surface area contributed by atoms with Crippen LogP contribution in [0.4, 0.5) is 13.2 Å². The Hall–Kier alpha value is -3.26. The van der Waals surface area contributed by atoms with Crippen LogP contribution in [-0.4, -0.2) is 40.9 Å². The molecule has 1 atom stereocenters. The fourth-order valence-corrected chi connectivity index (χ4v) is 6.16. The molecule has 0 radical (unpaired) electrons. The van der Waals surface area contributed by atoms with Gasteiger partial charge in [0.05, 0.1) is 22.6 Å². The molecular weight excluding hydrogens is 537 g/mol. The van der Waals surface area contributed by atoms with Gasteiger partial charge in [-0.3, -0.25) is 9.88 Å². The predicted octanol–water partition coefficient (Wildman–Crippen LogP) is 6.95. The number of carbonyl (C=O) groups excluding carboxylic acids is 1. The number of aromatic nitrogens is 1. The highest BCUT2D eigenvalue weighted by atomic mass is 35.5. The summed E-state index contributed by atoms with van der Waals surface area (Å²) >= 11 is 6.97. The van der Waals surface area contributed by atoms with Gasteiger partial charge in [-0.25, -0.2) is 0 Å². The van der Waals surface area contributed by atoms with Gasteiger partial charge in [0.15, 0.2) is 0 Å². The van der Waals surface area contributed by atoms with E-state index in [1.807, 2.05) is 55.5 Å². The Labute approximate surface area is 236 Å². The molecule has 1 aliphatic heterocycles. The number of carbonyl (C=O) groups is 1. The molecule has 2 heterocycles. The van der Waals surface area contributed by atoms with Crippen LogP contribution in [0.1, 0.15) is 46.4 Å². The van der Waals surface area contributed by atoms with Crippen molar-refractivity contribution in [2.45, 2.75) is 38.0 Å². The molecule has 0 saturated carbocycles. The largest absolute Gasteiger partial charge is 0.416 e. The van der Waals surface area contributed by atoms with E-state index in [1.165, 1.54) is 12.1 Å². The third-order valence-electron chi connectivity index (χ3n) is 8.05. The lowest BCUT2D eigenvalue weighted by molar-refractivity contribution is -0.137. The Bertz CT molecular complexity index is 1500. The van der Waals surface area contributed by atoms with Gasteiger partial charge in [-0.2, -0.15) is 13.2 Å². The second kappa shape index (κ2) is 11.3. The van der Waals surface area contributed by atoms with Crippen molar-refractivity contribution in [1.82, 2.24) is 9.88 Å². The van der Waals surface area contributed by atoms with Crippen LogP contribution >= 0.6 is 11.6 Å². The lowest BCUT2D eigenvalue weighted by Crippen LogP contribution is -2.44. The second-order valence-electron chi connectivity index (χ2n) is 10.5. The van der Waals surface area contributed by atoms with Crippen LogP contribution in [0.3, 0.4) is 0 Å². The Morgan fingerprint density at radius 1 is 0.975 bits per heavy atom. The average Bonchev–Trinajstić information content (AvgIpc) is 2.95. The number of benzene rings is 3. The number of hydrogen-bond acceptors (Lipinski definition) is 4. The number of piperidine rings is 1. The van der Waals surface area contributed by atoms with E-state index in [0.29, 0.717) is 58.8 Å². The summed E-state index contributed by atoms with van der Waals surface area (Å²) in [5.74, 6) is -0.0842. The van der Waals surface area contributed by atoms with E-state index in [2.05, 4.69) is 4.90 Å². The van der Waals surface area contributed by atoms with Crippen molar-refractivity contribution < 1.29 is 23.1 Å². The van der Waals surface area contributed by atoms with E-state index in [1.54, 1.807) is 0 Å². The predicted molar refractivity (Wildman–Crippen MR) is 150 cm³/mol. The number of aldehydes is 1.